The molecular formula is C18H14F4N6O. The molecule has 0 atom stereocenters. The fourth-order valence-electron chi connectivity index (χ4n) is 2.76. The predicted molar refractivity (Wildman–Crippen MR) is 96.6 cm³/mol. The van der Waals surface area contributed by atoms with Crippen LogP contribution in [0.15, 0.2) is 30.9 Å². The van der Waals surface area contributed by atoms with E-state index in [1.807, 2.05) is 0 Å². The van der Waals surface area contributed by atoms with Crippen LogP contribution in [0.2, 0.25) is 0 Å². The van der Waals surface area contributed by atoms with Crippen LogP contribution < -0.4 is 5.32 Å². The largest absolute Gasteiger partial charge is 0.419 e. The summed E-state index contributed by atoms with van der Waals surface area (Å²) >= 11 is 0. The number of fused-ring (bicyclic) bond motifs is 2. The molecular weight excluding hydrogens is 392 g/mol. The second-order valence-electron chi connectivity index (χ2n) is 6.42. The van der Waals surface area contributed by atoms with Crippen LogP contribution in [0.25, 0.3) is 27.8 Å². The van der Waals surface area contributed by atoms with E-state index in [1.165, 1.54) is 48.5 Å². The minimum Gasteiger partial charge on any atom is -0.312 e. The zero-order valence-corrected chi connectivity index (χ0v) is 14.8. The molecule has 5 rings (SSSR count). The molecule has 0 saturated heterocycles. The molecule has 1 amide bonds. The molecule has 1 saturated carbocycles. The van der Waals surface area contributed by atoms with Gasteiger partial charge in [0.2, 0.25) is 6.41 Å². The minimum absolute atomic E-state index is 0.0805. The molecule has 2 N–H and O–H groups in total. The average Bonchev–Trinajstić information content (AvgIpc) is 3.37. The summed E-state index contributed by atoms with van der Waals surface area (Å²) in [5.74, 6) is -1.23. The van der Waals surface area contributed by atoms with Crippen molar-refractivity contribution in [1.82, 2.24) is 24.6 Å². The number of H-pyrrole nitrogens is 1. The lowest BCUT2D eigenvalue weighted by atomic mass is 9.99. The SMILES string of the molecule is C1CC1.O=CNc1cn2cc(-c3c(C(F)(F)F)c(F)cc4[nH]ncc34)ncc2n1. The van der Waals surface area contributed by atoms with Gasteiger partial charge in [-0.2, -0.15) is 18.3 Å². The van der Waals surface area contributed by atoms with Crippen molar-refractivity contribution in [1.29, 1.82) is 0 Å². The Morgan fingerprint density at radius 2 is 1.93 bits per heavy atom. The van der Waals surface area contributed by atoms with Crippen LogP contribution in [0.4, 0.5) is 23.4 Å². The predicted octanol–water partition coefficient (Wildman–Crippen LogP) is 4.17. The Bertz CT molecular complexity index is 1190. The van der Waals surface area contributed by atoms with Gasteiger partial charge in [-0.1, -0.05) is 19.3 Å². The standard InChI is InChI=1S/C15H8F4N6O.C3H6/c16-8-1-9-7(2-22-24-9)13(14(8)15(17,18)19)10-4-25-5-11(21-6-26)23-12(25)3-20-10;1-2-3-1/h1-6H,(H,21,26)(H,22,24);1-3H2. The molecule has 0 radical (unpaired) electrons. The number of amides is 1. The minimum atomic E-state index is -4.93. The lowest BCUT2D eigenvalue weighted by Gasteiger charge is -2.14. The van der Waals surface area contributed by atoms with Crippen molar-refractivity contribution in [2.75, 3.05) is 5.32 Å². The highest BCUT2D eigenvalue weighted by molar-refractivity contribution is 5.95. The molecule has 0 aliphatic heterocycles. The zero-order chi connectivity index (χ0) is 20.6. The Labute approximate surface area is 160 Å². The lowest BCUT2D eigenvalue weighted by molar-refractivity contribution is -0.139. The maximum absolute atomic E-state index is 14.2. The third-order valence-electron chi connectivity index (χ3n) is 4.14. The van der Waals surface area contributed by atoms with Gasteiger partial charge in [0.05, 0.1) is 29.8 Å². The van der Waals surface area contributed by atoms with Crippen LogP contribution >= 0.6 is 0 Å². The number of carbonyl (C=O) groups is 1. The molecule has 0 bridgehead atoms. The van der Waals surface area contributed by atoms with Gasteiger partial charge in [-0.05, 0) is 0 Å². The van der Waals surface area contributed by atoms with Gasteiger partial charge in [-0.25, -0.2) is 9.37 Å². The Morgan fingerprint density at radius 3 is 2.59 bits per heavy atom. The molecule has 11 heteroatoms. The van der Waals surface area contributed by atoms with Gasteiger partial charge in [0.1, 0.15) is 11.4 Å². The summed E-state index contributed by atoms with van der Waals surface area (Å²) in [5, 5.41) is 8.55. The molecule has 0 spiro atoms. The van der Waals surface area contributed by atoms with Crippen LogP contribution in [0, 0.1) is 5.82 Å². The number of halogens is 4. The van der Waals surface area contributed by atoms with E-state index in [2.05, 4.69) is 25.5 Å². The normalized spacial score (nSPS) is 13.2. The van der Waals surface area contributed by atoms with Crippen molar-refractivity contribution in [2.24, 2.45) is 0 Å². The van der Waals surface area contributed by atoms with Gasteiger partial charge in [0.15, 0.2) is 11.5 Å². The highest BCUT2D eigenvalue weighted by Crippen LogP contribution is 2.42. The number of rotatable bonds is 3. The van der Waals surface area contributed by atoms with Crippen LogP contribution in [-0.4, -0.2) is 31.0 Å². The summed E-state index contributed by atoms with van der Waals surface area (Å²) in [6.45, 7) is 0. The summed E-state index contributed by atoms with van der Waals surface area (Å²) in [6, 6.07) is 0.747. The number of alkyl halides is 3. The molecule has 1 aromatic carbocycles. The average molecular weight is 406 g/mol. The molecule has 4 aromatic rings. The molecule has 3 aromatic heterocycles. The Morgan fingerprint density at radius 1 is 1.17 bits per heavy atom. The highest BCUT2D eigenvalue weighted by Gasteiger charge is 2.39. The first-order valence-corrected chi connectivity index (χ1v) is 8.66. The summed E-state index contributed by atoms with van der Waals surface area (Å²) in [5.41, 5.74) is -1.56. The topological polar surface area (TPSA) is 88.0 Å². The number of carbonyl (C=O) groups excluding carboxylic acids is 1. The van der Waals surface area contributed by atoms with Crippen molar-refractivity contribution in [2.45, 2.75) is 25.4 Å². The highest BCUT2D eigenvalue weighted by atomic mass is 19.4. The van der Waals surface area contributed by atoms with Crippen molar-refractivity contribution in [3.63, 3.8) is 0 Å². The fourth-order valence-corrected chi connectivity index (χ4v) is 2.76. The van der Waals surface area contributed by atoms with E-state index in [0.717, 1.165) is 6.07 Å². The van der Waals surface area contributed by atoms with Gasteiger partial charge >= 0.3 is 6.18 Å². The first-order chi connectivity index (χ1) is 13.9. The van der Waals surface area contributed by atoms with E-state index in [1.54, 1.807) is 0 Å². The van der Waals surface area contributed by atoms with Crippen LogP contribution in [-0.2, 0) is 11.0 Å². The van der Waals surface area contributed by atoms with Gasteiger partial charge in [0, 0.05) is 23.2 Å². The monoisotopic (exact) mass is 406 g/mol. The number of aromatic nitrogens is 5. The van der Waals surface area contributed by atoms with Gasteiger partial charge < -0.3 is 9.72 Å². The number of aromatic amines is 1. The molecule has 1 aliphatic rings. The van der Waals surface area contributed by atoms with E-state index >= 15 is 0 Å². The van der Waals surface area contributed by atoms with Crippen molar-refractivity contribution < 1.29 is 22.4 Å². The molecule has 0 unspecified atom stereocenters. The fraction of sp³-hybridized carbons (Fsp3) is 0.222. The Balaban J connectivity index is 0.000000626. The zero-order valence-electron chi connectivity index (χ0n) is 14.8. The Hall–Kier alpha value is -3.50. The number of hydrogen-bond acceptors (Lipinski definition) is 4. The smallest absolute Gasteiger partial charge is 0.312 e. The summed E-state index contributed by atoms with van der Waals surface area (Å²) in [6.07, 6.45) is 5.06. The number of nitrogens with zero attached hydrogens (tertiary/aromatic N) is 4. The second-order valence-corrected chi connectivity index (χ2v) is 6.42. The van der Waals surface area contributed by atoms with Crippen LogP contribution in [0.5, 0.6) is 0 Å². The molecule has 1 aliphatic carbocycles. The maximum atomic E-state index is 14.2. The van der Waals surface area contributed by atoms with E-state index < -0.39 is 23.1 Å². The first kappa shape index (κ1) is 18.8. The number of hydrogen-bond donors (Lipinski definition) is 2. The number of imidazole rings is 1. The summed E-state index contributed by atoms with van der Waals surface area (Å²) < 4.78 is 56.0. The lowest BCUT2D eigenvalue weighted by Crippen LogP contribution is -2.11. The molecule has 150 valence electrons. The van der Waals surface area contributed by atoms with E-state index in [-0.39, 0.29) is 22.4 Å². The molecule has 1 fully saturated rings. The van der Waals surface area contributed by atoms with E-state index in [4.69, 9.17) is 0 Å². The van der Waals surface area contributed by atoms with Crippen LogP contribution in [0.1, 0.15) is 24.8 Å². The van der Waals surface area contributed by atoms with Crippen LogP contribution in [0.3, 0.4) is 0 Å². The van der Waals surface area contributed by atoms with Crippen molar-refractivity contribution in [3.05, 3.63) is 42.2 Å². The van der Waals surface area contributed by atoms with Gasteiger partial charge in [0.25, 0.3) is 0 Å². The Kier molecular flexibility index (Phi) is 4.65. The molecule has 3 heterocycles. The first-order valence-electron chi connectivity index (χ1n) is 8.66. The number of anilines is 1. The van der Waals surface area contributed by atoms with Gasteiger partial charge in [-0.15, -0.1) is 0 Å². The van der Waals surface area contributed by atoms with Crippen molar-refractivity contribution >= 4 is 28.8 Å². The second kappa shape index (κ2) is 7.15. The third-order valence-corrected chi connectivity index (χ3v) is 4.14. The van der Waals surface area contributed by atoms with E-state index in [9.17, 15) is 22.4 Å². The molecule has 29 heavy (non-hydrogen) atoms. The van der Waals surface area contributed by atoms with Gasteiger partial charge in [-0.3, -0.25) is 14.9 Å². The maximum Gasteiger partial charge on any atom is 0.419 e. The third kappa shape index (κ3) is 3.75. The molecule has 7 nitrogen and oxygen atoms in total. The number of nitrogens with one attached hydrogen (secondary N) is 2. The quantitative estimate of drug-likeness (QED) is 0.395. The summed E-state index contributed by atoms with van der Waals surface area (Å²) in [7, 11) is 0. The van der Waals surface area contributed by atoms with Crippen molar-refractivity contribution in [3.8, 4) is 11.3 Å². The summed E-state index contributed by atoms with van der Waals surface area (Å²) in [4.78, 5) is 18.5. The number of benzene rings is 1. The van der Waals surface area contributed by atoms with E-state index in [0.29, 0.717) is 12.1 Å².